The van der Waals surface area contributed by atoms with E-state index in [9.17, 15) is 9.59 Å². The van der Waals surface area contributed by atoms with Gasteiger partial charge in [-0.3, -0.25) is 9.59 Å². The average Bonchev–Trinajstić information content (AvgIpc) is 2.54. The Morgan fingerprint density at radius 1 is 1.05 bits per heavy atom. The van der Waals surface area contributed by atoms with Gasteiger partial charge >= 0.3 is 0 Å². The molecule has 1 aliphatic heterocycles. The number of aromatic nitrogens is 1. The predicted octanol–water partition coefficient (Wildman–Crippen LogP) is 2.59. The van der Waals surface area contributed by atoms with Crippen molar-refractivity contribution < 1.29 is 9.59 Å². The fourth-order valence-corrected chi connectivity index (χ4v) is 1.96. The van der Waals surface area contributed by atoms with E-state index < -0.39 is 0 Å². The highest BCUT2D eigenvalue weighted by Gasteiger charge is 2.19. The van der Waals surface area contributed by atoms with Gasteiger partial charge < -0.3 is 10.6 Å². The molecule has 19 heavy (non-hydrogen) atoms. The molecule has 2 heterocycles. The number of anilines is 3. The van der Waals surface area contributed by atoms with E-state index in [4.69, 9.17) is 0 Å². The van der Waals surface area contributed by atoms with Crippen LogP contribution in [0.3, 0.4) is 0 Å². The summed E-state index contributed by atoms with van der Waals surface area (Å²) in [4.78, 5) is 27.6. The van der Waals surface area contributed by atoms with Crippen molar-refractivity contribution in [2.75, 3.05) is 10.6 Å². The smallest absolute Gasteiger partial charge is 0.257 e. The number of carbonyl (C=O) groups excluding carboxylic acids is 2. The molecule has 1 aromatic heterocycles. The van der Waals surface area contributed by atoms with Crippen LogP contribution in [-0.2, 0) is 0 Å². The van der Waals surface area contributed by atoms with Crippen LogP contribution in [0.4, 0.5) is 17.2 Å². The minimum absolute atomic E-state index is 0.117. The zero-order chi connectivity index (χ0) is 13.4. The average molecular weight is 253 g/mol. The minimum Gasteiger partial charge on any atom is -0.338 e. The zero-order valence-electron chi connectivity index (χ0n) is 10.2. The number of pyridine rings is 1. The van der Waals surface area contributed by atoms with Crippen molar-refractivity contribution in [3.05, 3.63) is 47.7 Å². The van der Waals surface area contributed by atoms with Crippen LogP contribution in [0.15, 0.2) is 36.4 Å². The van der Waals surface area contributed by atoms with Crippen LogP contribution in [0.5, 0.6) is 0 Å². The van der Waals surface area contributed by atoms with E-state index in [2.05, 4.69) is 15.6 Å². The Labute approximate surface area is 109 Å². The van der Waals surface area contributed by atoms with Gasteiger partial charge in [0.15, 0.2) is 11.6 Å². The maximum atomic E-state index is 12.0. The Morgan fingerprint density at radius 3 is 2.63 bits per heavy atom. The summed E-state index contributed by atoms with van der Waals surface area (Å²) in [7, 11) is 0. The van der Waals surface area contributed by atoms with E-state index in [1.807, 2.05) is 6.07 Å². The van der Waals surface area contributed by atoms with Gasteiger partial charge in [0.2, 0.25) is 0 Å². The Bertz CT molecular complexity index is 695. The van der Waals surface area contributed by atoms with E-state index in [0.717, 1.165) is 0 Å². The molecule has 0 bridgehead atoms. The number of Topliss-reactive ketones (excluding diaryl/α,β-unsaturated/α-hetero) is 1. The summed E-state index contributed by atoms with van der Waals surface area (Å²) < 4.78 is 0. The van der Waals surface area contributed by atoms with Crippen LogP contribution in [0, 0.1) is 0 Å². The summed E-state index contributed by atoms with van der Waals surface area (Å²) in [5, 5.41) is 5.85. The van der Waals surface area contributed by atoms with Gasteiger partial charge in [-0.25, -0.2) is 4.98 Å². The topological polar surface area (TPSA) is 71.1 Å². The second-order valence-corrected chi connectivity index (χ2v) is 4.27. The van der Waals surface area contributed by atoms with Gasteiger partial charge in [0, 0.05) is 6.92 Å². The molecule has 1 aliphatic rings. The van der Waals surface area contributed by atoms with Crippen molar-refractivity contribution in [1.82, 2.24) is 4.98 Å². The number of para-hydroxylation sites is 1. The normalized spacial score (nSPS) is 12.6. The number of rotatable bonds is 1. The Hall–Kier alpha value is -2.69. The van der Waals surface area contributed by atoms with Crippen molar-refractivity contribution in [3.63, 3.8) is 0 Å². The van der Waals surface area contributed by atoms with E-state index >= 15 is 0 Å². The summed E-state index contributed by atoms with van der Waals surface area (Å²) in [5.41, 5.74) is 2.14. The number of ketones is 1. The molecular formula is C14H11N3O2. The fraction of sp³-hybridized carbons (Fsp3) is 0.0714. The largest absolute Gasteiger partial charge is 0.338 e. The molecule has 94 valence electrons. The molecule has 1 amide bonds. The second kappa shape index (κ2) is 4.20. The Kier molecular flexibility index (Phi) is 2.52. The van der Waals surface area contributed by atoms with Crippen LogP contribution in [0.25, 0.3) is 0 Å². The van der Waals surface area contributed by atoms with Gasteiger partial charge in [0.25, 0.3) is 5.91 Å². The maximum absolute atomic E-state index is 12.0. The molecule has 3 rings (SSSR count). The Balaban J connectivity index is 2.14. The van der Waals surface area contributed by atoms with Crippen LogP contribution in [0.1, 0.15) is 27.8 Å². The first kappa shape index (κ1) is 11.4. The Morgan fingerprint density at radius 2 is 1.84 bits per heavy atom. The highest BCUT2D eigenvalue weighted by atomic mass is 16.1. The molecule has 0 aliphatic carbocycles. The standard InChI is InChI=1S/C14H11N3O2/c1-8(18)10-6-7-12-13(15-10)16-11-5-3-2-4-9(11)14(19)17-12/h2-7H,1H3,(H,15,16)(H,17,19). The van der Waals surface area contributed by atoms with Gasteiger partial charge in [0.05, 0.1) is 16.9 Å². The van der Waals surface area contributed by atoms with Crippen LogP contribution >= 0.6 is 0 Å². The van der Waals surface area contributed by atoms with E-state index in [0.29, 0.717) is 28.5 Å². The predicted molar refractivity (Wildman–Crippen MR) is 71.9 cm³/mol. The van der Waals surface area contributed by atoms with Gasteiger partial charge in [-0.1, -0.05) is 12.1 Å². The van der Waals surface area contributed by atoms with Gasteiger partial charge in [-0.2, -0.15) is 0 Å². The third-order valence-corrected chi connectivity index (χ3v) is 2.93. The highest BCUT2D eigenvalue weighted by Crippen LogP contribution is 2.30. The quantitative estimate of drug-likeness (QED) is 0.766. The van der Waals surface area contributed by atoms with Gasteiger partial charge in [0.1, 0.15) is 5.69 Å². The number of nitrogens with zero attached hydrogens (tertiary/aromatic N) is 1. The fourth-order valence-electron chi connectivity index (χ4n) is 1.96. The molecule has 2 aromatic rings. The van der Waals surface area contributed by atoms with Crippen LogP contribution in [-0.4, -0.2) is 16.7 Å². The van der Waals surface area contributed by atoms with Gasteiger partial charge in [-0.15, -0.1) is 0 Å². The number of hydrogen-bond donors (Lipinski definition) is 2. The van der Waals surface area contributed by atoms with Crippen LogP contribution in [0.2, 0.25) is 0 Å². The molecule has 0 spiro atoms. The number of fused-ring (bicyclic) bond motifs is 2. The molecule has 0 saturated carbocycles. The number of amides is 1. The molecule has 5 nitrogen and oxygen atoms in total. The monoisotopic (exact) mass is 253 g/mol. The first-order chi connectivity index (χ1) is 9.15. The molecule has 0 radical (unpaired) electrons. The number of benzene rings is 1. The van der Waals surface area contributed by atoms with Crippen molar-refractivity contribution in [1.29, 1.82) is 0 Å². The molecule has 1 aromatic carbocycles. The first-order valence-corrected chi connectivity index (χ1v) is 5.84. The lowest BCUT2D eigenvalue weighted by atomic mass is 10.1. The third-order valence-electron chi connectivity index (χ3n) is 2.93. The number of nitrogens with one attached hydrogen (secondary N) is 2. The summed E-state index contributed by atoms with van der Waals surface area (Å²) in [5.74, 6) is 0.165. The zero-order valence-corrected chi connectivity index (χ0v) is 10.2. The van der Waals surface area contributed by atoms with E-state index in [1.165, 1.54) is 6.92 Å². The molecule has 0 atom stereocenters. The summed E-state index contributed by atoms with van der Waals surface area (Å²) >= 11 is 0. The summed E-state index contributed by atoms with van der Waals surface area (Å²) in [6.07, 6.45) is 0. The lowest BCUT2D eigenvalue weighted by Crippen LogP contribution is -2.10. The molecule has 0 saturated heterocycles. The van der Waals surface area contributed by atoms with Crippen LogP contribution < -0.4 is 10.6 Å². The maximum Gasteiger partial charge on any atom is 0.257 e. The van der Waals surface area contributed by atoms with Crippen molar-refractivity contribution in [2.24, 2.45) is 0 Å². The lowest BCUT2D eigenvalue weighted by Gasteiger charge is -2.08. The van der Waals surface area contributed by atoms with Gasteiger partial charge in [-0.05, 0) is 24.3 Å². The first-order valence-electron chi connectivity index (χ1n) is 5.84. The van der Waals surface area contributed by atoms with Crippen molar-refractivity contribution >= 4 is 28.9 Å². The molecule has 0 unspecified atom stereocenters. The SMILES string of the molecule is CC(=O)c1ccc2c(n1)Nc1ccccc1C(=O)N2. The minimum atomic E-state index is -0.195. The summed E-state index contributed by atoms with van der Waals surface area (Å²) in [6, 6.07) is 10.4. The molecule has 5 heteroatoms. The summed E-state index contributed by atoms with van der Waals surface area (Å²) in [6.45, 7) is 1.46. The lowest BCUT2D eigenvalue weighted by molar-refractivity contribution is 0.101. The molecular weight excluding hydrogens is 242 g/mol. The number of carbonyl (C=O) groups is 2. The van der Waals surface area contributed by atoms with E-state index in [-0.39, 0.29) is 11.7 Å². The highest BCUT2D eigenvalue weighted by molar-refractivity contribution is 6.11. The molecule has 2 N–H and O–H groups in total. The van der Waals surface area contributed by atoms with Crippen molar-refractivity contribution in [3.8, 4) is 0 Å². The van der Waals surface area contributed by atoms with Crippen molar-refractivity contribution in [2.45, 2.75) is 6.92 Å². The third kappa shape index (κ3) is 1.95. The number of hydrogen-bond acceptors (Lipinski definition) is 4. The second-order valence-electron chi connectivity index (χ2n) is 4.27. The van der Waals surface area contributed by atoms with E-state index in [1.54, 1.807) is 30.3 Å². The molecule has 0 fully saturated rings.